The van der Waals surface area contributed by atoms with Gasteiger partial charge in [0.05, 0.1) is 10.5 Å². The molecule has 0 atom stereocenters. The van der Waals surface area contributed by atoms with Crippen molar-refractivity contribution >= 4 is 21.5 Å². The summed E-state index contributed by atoms with van der Waals surface area (Å²) in [6.45, 7) is 1.85. The van der Waals surface area contributed by atoms with Crippen LogP contribution in [0.3, 0.4) is 0 Å². The fourth-order valence-electron chi connectivity index (χ4n) is 2.86. The summed E-state index contributed by atoms with van der Waals surface area (Å²) in [5.74, 6) is 0.335. The number of alkyl halides is 3. The molecule has 0 saturated heterocycles. The third-order valence-electron chi connectivity index (χ3n) is 4.37. The van der Waals surface area contributed by atoms with Gasteiger partial charge in [-0.05, 0) is 42.8 Å². The van der Waals surface area contributed by atoms with Crippen molar-refractivity contribution in [3.05, 3.63) is 71.9 Å². The van der Waals surface area contributed by atoms with Gasteiger partial charge in [0.1, 0.15) is 5.82 Å². The molecule has 0 fully saturated rings. The molecule has 0 aliphatic carbocycles. The molecule has 0 aliphatic rings. The molecule has 30 heavy (non-hydrogen) atoms. The maximum atomic E-state index is 13.2. The quantitative estimate of drug-likeness (QED) is 0.617. The third kappa shape index (κ3) is 4.73. The molecule has 5 nitrogen and oxygen atoms in total. The average Bonchev–Trinajstić information content (AvgIpc) is 2.67. The molecule has 158 valence electrons. The van der Waals surface area contributed by atoms with Gasteiger partial charge in [0, 0.05) is 31.5 Å². The SMILES string of the molecule is Cc1ccc(S(=O)(=O)Nc2cccc(-c3cc(C(F)(F)F)cnc3N(C)C)c2)cc1. The van der Waals surface area contributed by atoms with Crippen molar-refractivity contribution in [3.63, 3.8) is 0 Å². The Morgan fingerprint density at radius 1 is 1.00 bits per heavy atom. The Kier molecular flexibility index (Phi) is 5.76. The summed E-state index contributed by atoms with van der Waals surface area (Å²) < 4.78 is 67.3. The Balaban J connectivity index is 2.02. The largest absolute Gasteiger partial charge is 0.417 e. The number of halogens is 3. The molecule has 0 bridgehead atoms. The second kappa shape index (κ2) is 7.98. The number of hydrogen-bond donors (Lipinski definition) is 1. The molecule has 1 N–H and O–H groups in total. The molecule has 3 rings (SSSR count). The summed E-state index contributed by atoms with van der Waals surface area (Å²) in [5, 5.41) is 0. The molecule has 1 heterocycles. The summed E-state index contributed by atoms with van der Waals surface area (Å²) in [5.41, 5.74) is 0.917. The molecule has 0 saturated carbocycles. The Morgan fingerprint density at radius 2 is 1.67 bits per heavy atom. The summed E-state index contributed by atoms with van der Waals surface area (Å²) in [7, 11) is -0.504. The molecular weight excluding hydrogens is 415 g/mol. The van der Waals surface area contributed by atoms with E-state index < -0.39 is 21.8 Å². The van der Waals surface area contributed by atoms with E-state index in [1.165, 1.54) is 24.3 Å². The molecule has 0 radical (unpaired) electrons. The lowest BCUT2D eigenvalue weighted by Crippen LogP contribution is -2.15. The highest BCUT2D eigenvalue weighted by molar-refractivity contribution is 7.92. The van der Waals surface area contributed by atoms with Crippen molar-refractivity contribution in [1.29, 1.82) is 0 Å². The van der Waals surface area contributed by atoms with E-state index in [0.29, 0.717) is 11.4 Å². The van der Waals surface area contributed by atoms with Crippen LogP contribution in [0.1, 0.15) is 11.1 Å². The number of aromatic nitrogens is 1. The van der Waals surface area contributed by atoms with E-state index in [1.807, 2.05) is 6.92 Å². The normalized spacial score (nSPS) is 11.9. The van der Waals surface area contributed by atoms with Crippen LogP contribution >= 0.6 is 0 Å². The van der Waals surface area contributed by atoms with E-state index >= 15 is 0 Å². The lowest BCUT2D eigenvalue weighted by Gasteiger charge is -2.19. The highest BCUT2D eigenvalue weighted by Crippen LogP contribution is 2.36. The van der Waals surface area contributed by atoms with Crippen LogP contribution in [0.2, 0.25) is 0 Å². The molecule has 0 aliphatic heterocycles. The summed E-state index contributed by atoms with van der Waals surface area (Å²) in [6.07, 6.45) is -3.76. The predicted octanol–water partition coefficient (Wildman–Crippen LogP) is 4.94. The third-order valence-corrected chi connectivity index (χ3v) is 5.77. The first-order valence-corrected chi connectivity index (χ1v) is 10.4. The molecular formula is C21H20F3N3O2S. The fourth-order valence-corrected chi connectivity index (χ4v) is 3.91. The summed E-state index contributed by atoms with van der Waals surface area (Å²) in [6, 6.07) is 13.5. The first kappa shape index (κ1) is 21.6. The van der Waals surface area contributed by atoms with Crippen LogP contribution in [-0.4, -0.2) is 27.5 Å². The van der Waals surface area contributed by atoms with E-state index in [-0.39, 0.29) is 16.1 Å². The molecule has 9 heteroatoms. The highest BCUT2D eigenvalue weighted by atomic mass is 32.2. The summed E-state index contributed by atoms with van der Waals surface area (Å²) in [4.78, 5) is 5.64. The van der Waals surface area contributed by atoms with Crippen molar-refractivity contribution in [3.8, 4) is 11.1 Å². The predicted molar refractivity (Wildman–Crippen MR) is 111 cm³/mol. The minimum absolute atomic E-state index is 0.0909. The van der Waals surface area contributed by atoms with Crippen LogP contribution in [0.25, 0.3) is 11.1 Å². The van der Waals surface area contributed by atoms with Gasteiger partial charge in [-0.1, -0.05) is 29.8 Å². The van der Waals surface area contributed by atoms with Crippen LogP contribution in [0, 0.1) is 6.92 Å². The van der Waals surface area contributed by atoms with Crippen molar-refractivity contribution in [2.24, 2.45) is 0 Å². The van der Waals surface area contributed by atoms with Gasteiger partial charge in [-0.25, -0.2) is 13.4 Å². The van der Waals surface area contributed by atoms with Gasteiger partial charge >= 0.3 is 6.18 Å². The maximum Gasteiger partial charge on any atom is 0.417 e. The Labute approximate surface area is 173 Å². The van der Waals surface area contributed by atoms with Gasteiger partial charge in [-0.2, -0.15) is 13.2 Å². The number of pyridine rings is 1. The van der Waals surface area contributed by atoms with Crippen LogP contribution in [0.4, 0.5) is 24.7 Å². The molecule has 2 aromatic carbocycles. The van der Waals surface area contributed by atoms with Gasteiger partial charge in [-0.3, -0.25) is 4.72 Å². The molecule has 0 unspecified atom stereocenters. The van der Waals surface area contributed by atoms with Crippen LogP contribution in [0.15, 0.2) is 65.7 Å². The van der Waals surface area contributed by atoms with E-state index in [0.717, 1.165) is 17.8 Å². The van der Waals surface area contributed by atoms with Gasteiger partial charge < -0.3 is 4.90 Å². The number of nitrogens with zero attached hydrogens (tertiary/aromatic N) is 2. The van der Waals surface area contributed by atoms with E-state index in [9.17, 15) is 21.6 Å². The van der Waals surface area contributed by atoms with Crippen LogP contribution in [-0.2, 0) is 16.2 Å². The zero-order valence-electron chi connectivity index (χ0n) is 16.5. The van der Waals surface area contributed by atoms with Crippen LogP contribution in [0.5, 0.6) is 0 Å². The highest BCUT2D eigenvalue weighted by Gasteiger charge is 2.32. The van der Waals surface area contributed by atoms with Crippen molar-refractivity contribution in [1.82, 2.24) is 4.98 Å². The number of nitrogens with one attached hydrogen (secondary N) is 1. The number of aryl methyl sites for hydroxylation is 1. The number of benzene rings is 2. The number of anilines is 2. The van der Waals surface area contributed by atoms with Crippen LogP contribution < -0.4 is 9.62 Å². The minimum atomic E-state index is -4.54. The average molecular weight is 435 g/mol. The fraction of sp³-hybridized carbons (Fsp3) is 0.190. The molecule has 1 aromatic heterocycles. The van der Waals surface area contributed by atoms with E-state index in [1.54, 1.807) is 43.3 Å². The molecule has 0 spiro atoms. The smallest absolute Gasteiger partial charge is 0.362 e. The molecule has 0 amide bonds. The maximum absolute atomic E-state index is 13.2. The Hall–Kier alpha value is -3.07. The number of sulfonamides is 1. The minimum Gasteiger partial charge on any atom is -0.362 e. The van der Waals surface area contributed by atoms with Crippen molar-refractivity contribution in [2.45, 2.75) is 18.0 Å². The second-order valence-corrected chi connectivity index (χ2v) is 8.67. The van der Waals surface area contributed by atoms with Gasteiger partial charge in [-0.15, -0.1) is 0 Å². The second-order valence-electron chi connectivity index (χ2n) is 6.99. The first-order chi connectivity index (χ1) is 14.0. The zero-order chi connectivity index (χ0) is 22.1. The molecule has 3 aromatic rings. The summed E-state index contributed by atoms with van der Waals surface area (Å²) >= 11 is 0. The Morgan fingerprint density at radius 3 is 2.27 bits per heavy atom. The van der Waals surface area contributed by atoms with Gasteiger partial charge in [0.25, 0.3) is 10.0 Å². The first-order valence-electron chi connectivity index (χ1n) is 8.92. The lowest BCUT2D eigenvalue weighted by molar-refractivity contribution is -0.137. The van der Waals surface area contributed by atoms with E-state index in [4.69, 9.17) is 0 Å². The zero-order valence-corrected chi connectivity index (χ0v) is 17.3. The number of rotatable bonds is 5. The Bertz CT molecular complexity index is 1160. The number of hydrogen-bond acceptors (Lipinski definition) is 4. The topological polar surface area (TPSA) is 62.3 Å². The van der Waals surface area contributed by atoms with Crippen molar-refractivity contribution in [2.75, 3.05) is 23.7 Å². The monoisotopic (exact) mass is 435 g/mol. The van der Waals surface area contributed by atoms with Gasteiger partial charge in [0.15, 0.2) is 0 Å². The standard InChI is InChI=1S/C21H20F3N3O2S/c1-14-7-9-18(10-8-14)30(28,29)26-17-6-4-5-15(11-17)19-12-16(21(22,23)24)13-25-20(19)27(2)3/h4-13,26H,1-3H3. The van der Waals surface area contributed by atoms with E-state index in [2.05, 4.69) is 9.71 Å². The lowest BCUT2D eigenvalue weighted by atomic mass is 10.0. The van der Waals surface area contributed by atoms with Crippen molar-refractivity contribution < 1.29 is 21.6 Å². The van der Waals surface area contributed by atoms with Gasteiger partial charge in [0.2, 0.25) is 0 Å².